The van der Waals surface area contributed by atoms with Gasteiger partial charge in [0.25, 0.3) is 0 Å². The minimum absolute atomic E-state index is 0.106. The molecule has 0 aromatic heterocycles. The molecule has 1 aliphatic carbocycles. The molecule has 15 heavy (non-hydrogen) atoms. The van der Waals surface area contributed by atoms with Gasteiger partial charge in [-0.05, 0) is 45.7 Å². The average Bonchev–Trinajstić information content (AvgIpc) is 2.79. The van der Waals surface area contributed by atoms with Gasteiger partial charge >= 0.3 is 0 Å². The van der Waals surface area contributed by atoms with Crippen LogP contribution in [0.2, 0.25) is 0 Å². The first-order chi connectivity index (χ1) is 7.29. The molecule has 0 unspecified atom stereocenters. The molecule has 2 aliphatic rings. The minimum Gasteiger partial charge on any atom is -0.411 e. The Morgan fingerprint density at radius 1 is 1.07 bits per heavy atom. The van der Waals surface area contributed by atoms with Crippen molar-refractivity contribution in [1.29, 1.82) is 0 Å². The molecule has 0 aromatic carbocycles. The second kappa shape index (κ2) is 4.52. The number of piperidine rings is 1. The molecule has 0 bridgehead atoms. The molecule has 0 atom stereocenters. The quantitative estimate of drug-likeness (QED) is 0.432. The lowest BCUT2D eigenvalue weighted by Gasteiger charge is -2.43. The van der Waals surface area contributed by atoms with Crippen molar-refractivity contribution in [2.75, 3.05) is 13.1 Å². The topological polar surface area (TPSA) is 35.8 Å². The van der Waals surface area contributed by atoms with Crippen molar-refractivity contribution < 1.29 is 5.21 Å². The van der Waals surface area contributed by atoms with Crippen LogP contribution in [-0.4, -0.2) is 34.4 Å². The Kier molecular flexibility index (Phi) is 3.29. The van der Waals surface area contributed by atoms with Crippen LogP contribution in [0, 0.1) is 0 Å². The van der Waals surface area contributed by atoms with Gasteiger partial charge in [-0.2, -0.15) is 0 Å². The third-order valence-corrected chi connectivity index (χ3v) is 4.22. The molecular weight excluding hydrogens is 188 g/mol. The maximum absolute atomic E-state index is 9.05. The largest absolute Gasteiger partial charge is 0.411 e. The van der Waals surface area contributed by atoms with Crippen molar-refractivity contribution >= 4 is 5.71 Å². The summed E-state index contributed by atoms with van der Waals surface area (Å²) in [5, 5.41) is 12.5. The molecule has 2 rings (SSSR count). The Bertz CT molecular complexity index is 238. The number of hydrogen-bond acceptors (Lipinski definition) is 3. The molecule has 3 heteroatoms. The van der Waals surface area contributed by atoms with Crippen LogP contribution in [0.5, 0.6) is 0 Å². The Morgan fingerprint density at radius 2 is 1.67 bits per heavy atom. The van der Waals surface area contributed by atoms with Crippen LogP contribution in [0.25, 0.3) is 0 Å². The van der Waals surface area contributed by atoms with E-state index in [2.05, 4.69) is 10.1 Å². The van der Waals surface area contributed by atoms with E-state index in [0.29, 0.717) is 0 Å². The van der Waals surface area contributed by atoms with E-state index in [4.69, 9.17) is 5.21 Å². The van der Waals surface area contributed by atoms with Crippen molar-refractivity contribution in [2.24, 2.45) is 5.16 Å². The number of hydrogen-bond donors (Lipinski definition) is 1. The lowest BCUT2D eigenvalue weighted by molar-refractivity contribution is 0.120. The van der Waals surface area contributed by atoms with Gasteiger partial charge in [0.15, 0.2) is 0 Å². The Hall–Kier alpha value is -0.570. The van der Waals surface area contributed by atoms with E-state index < -0.39 is 0 Å². The molecule has 1 saturated carbocycles. The lowest BCUT2D eigenvalue weighted by atomic mass is 9.88. The van der Waals surface area contributed by atoms with E-state index in [1.807, 2.05) is 6.92 Å². The first-order valence-electron chi connectivity index (χ1n) is 6.24. The lowest BCUT2D eigenvalue weighted by Crippen LogP contribution is -2.53. The highest BCUT2D eigenvalue weighted by Gasteiger charge is 2.42. The third-order valence-electron chi connectivity index (χ3n) is 4.22. The summed E-state index contributed by atoms with van der Waals surface area (Å²) in [7, 11) is 0. The van der Waals surface area contributed by atoms with Gasteiger partial charge in [0.1, 0.15) is 0 Å². The number of rotatable bonds is 2. The molecule has 0 spiro atoms. The zero-order valence-electron chi connectivity index (χ0n) is 9.71. The van der Waals surface area contributed by atoms with Gasteiger partial charge in [0.2, 0.25) is 0 Å². The standard InChI is InChI=1S/C12H22N2O/c1-11(13-15)12(7-3-4-8-12)14-9-5-2-6-10-14/h15H,2-10H2,1H3/b13-11+. The maximum Gasteiger partial charge on any atom is 0.0742 e. The van der Waals surface area contributed by atoms with Crippen LogP contribution in [0.15, 0.2) is 5.16 Å². The SMILES string of the molecule is C/C(=N\O)C1(N2CCCCC2)CCCC1. The number of likely N-dealkylation sites (tertiary alicyclic amines) is 1. The molecule has 2 fully saturated rings. The first kappa shape index (κ1) is 10.9. The smallest absolute Gasteiger partial charge is 0.0742 e. The molecule has 1 saturated heterocycles. The molecule has 0 radical (unpaired) electrons. The summed E-state index contributed by atoms with van der Waals surface area (Å²) >= 11 is 0. The average molecular weight is 210 g/mol. The Balaban J connectivity index is 2.17. The fraction of sp³-hybridized carbons (Fsp3) is 0.917. The van der Waals surface area contributed by atoms with E-state index in [0.717, 1.165) is 5.71 Å². The zero-order chi connectivity index (χ0) is 10.7. The second-order valence-electron chi connectivity index (χ2n) is 4.97. The highest BCUT2D eigenvalue weighted by Crippen LogP contribution is 2.38. The van der Waals surface area contributed by atoms with E-state index in [1.165, 1.54) is 58.0 Å². The molecule has 1 aliphatic heterocycles. The van der Waals surface area contributed by atoms with Crippen molar-refractivity contribution in [3.63, 3.8) is 0 Å². The molecule has 0 aromatic rings. The zero-order valence-corrected chi connectivity index (χ0v) is 9.71. The van der Waals surface area contributed by atoms with Gasteiger partial charge in [0, 0.05) is 0 Å². The molecule has 0 amide bonds. The van der Waals surface area contributed by atoms with Crippen LogP contribution in [0.1, 0.15) is 51.9 Å². The summed E-state index contributed by atoms with van der Waals surface area (Å²) in [4.78, 5) is 2.57. The van der Waals surface area contributed by atoms with Gasteiger partial charge < -0.3 is 5.21 Å². The van der Waals surface area contributed by atoms with Crippen LogP contribution >= 0.6 is 0 Å². The van der Waals surface area contributed by atoms with Gasteiger partial charge in [-0.25, -0.2) is 0 Å². The predicted molar refractivity (Wildman–Crippen MR) is 61.5 cm³/mol. The number of oxime groups is 1. The van der Waals surface area contributed by atoms with Crippen molar-refractivity contribution in [3.05, 3.63) is 0 Å². The minimum atomic E-state index is 0.106. The summed E-state index contributed by atoms with van der Waals surface area (Å²) in [6.45, 7) is 4.36. The maximum atomic E-state index is 9.05. The fourth-order valence-corrected chi connectivity index (χ4v) is 3.28. The summed E-state index contributed by atoms with van der Waals surface area (Å²) < 4.78 is 0. The Morgan fingerprint density at radius 3 is 2.20 bits per heavy atom. The molecule has 1 N–H and O–H groups in total. The van der Waals surface area contributed by atoms with Gasteiger partial charge in [-0.1, -0.05) is 24.4 Å². The fourth-order valence-electron chi connectivity index (χ4n) is 3.28. The van der Waals surface area contributed by atoms with Crippen molar-refractivity contribution in [3.8, 4) is 0 Å². The third kappa shape index (κ3) is 1.89. The highest BCUT2D eigenvalue weighted by molar-refractivity contribution is 5.91. The first-order valence-corrected chi connectivity index (χ1v) is 6.24. The van der Waals surface area contributed by atoms with Gasteiger partial charge in [0.05, 0.1) is 11.3 Å². The van der Waals surface area contributed by atoms with Crippen LogP contribution < -0.4 is 0 Å². The van der Waals surface area contributed by atoms with Gasteiger partial charge in [-0.15, -0.1) is 0 Å². The van der Waals surface area contributed by atoms with E-state index in [-0.39, 0.29) is 5.54 Å². The summed E-state index contributed by atoms with van der Waals surface area (Å²) in [5.41, 5.74) is 1.04. The summed E-state index contributed by atoms with van der Waals surface area (Å²) in [5.74, 6) is 0. The summed E-state index contributed by atoms with van der Waals surface area (Å²) in [6.07, 6.45) is 8.90. The molecule has 86 valence electrons. The van der Waals surface area contributed by atoms with E-state index >= 15 is 0 Å². The molecule has 3 nitrogen and oxygen atoms in total. The normalized spacial score (nSPS) is 28.2. The van der Waals surface area contributed by atoms with E-state index in [9.17, 15) is 0 Å². The van der Waals surface area contributed by atoms with Gasteiger partial charge in [-0.3, -0.25) is 4.90 Å². The Labute approximate surface area is 92.1 Å². The van der Waals surface area contributed by atoms with Crippen molar-refractivity contribution in [1.82, 2.24) is 4.90 Å². The number of nitrogens with zero attached hydrogens (tertiary/aromatic N) is 2. The van der Waals surface area contributed by atoms with Crippen LogP contribution in [0.4, 0.5) is 0 Å². The highest BCUT2D eigenvalue weighted by atomic mass is 16.4. The predicted octanol–water partition coefficient (Wildman–Crippen LogP) is 2.64. The second-order valence-corrected chi connectivity index (χ2v) is 4.97. The van der Waals surface area contributed by atoms with Crippen molar-refractivity contribution in [2.45, 2.75) is 57.4 Å². The monoisotopic (exact) mass is 210 g/mol. The molecule has 1 heterocycles. The van der Waals surface area contributed by atoms with Crippen LogP contribution in [0.3, 0.4) is 0 Å². The van der Waals surface area contributed by atoms with Crippen LogP contribution in [-0.2, 0) is 0 Å². The van der Waals surface area contributed by atoms with E-state index in [1.54, 1.807) is 0 Å². The summed E-state index contributed by atoms with van der Waals surface area (Å²) in [6, 6.07) is 0. The molecular formula is C12H22N2O.